The first-order valence-corrected chi connectivity index (χ1v) is 6.77. The summed E-state index contributed by atoms with van der Waals surface area (Å²) in [6, 6.07) is 7.55. The van der Waals surface area contributed by atoms with Crippen molar-refractivity contribution in [2.45, 2.75) is 44.7 Å². The number of anilines is 1. The highest BCUT2D eigenvalue weighted by molar-refractivity contribution is 5.37. The first-order valence-electron chi connectivity index (χ1n) is 6.77. The Kier molecular flexibility index (Phi) is 3.02. The maximum atomic E-state index is 4.54. The molecule has 1 aromatic rings. The van der Waals surface area contributed by atoms with Crippen molar-refractivity contribution in [2.75, 3.05) is 18.4 Å². The topological polar surface area (TPSA) is 28.2 Å². The molecule has 3 nitrogen and oxygen atoms in total. The highest BCUT2D eigenvalue weighted by Gasteiger charge is 2.35. The van der Waals surface area contributed by atoms with Crippen molar-refractivity contribution in [1.82, 2.24) is 9.88 Å². The minimum Gasteiger partial charge on any atom is -0.366 e. The number of hydrogen-bond acceptors (Lipinski definition) is 3. The molecule has 2 unspecified atom stereocenters. The number of piperidine rings is 1. The van der Waals surface area contributed by atoms with Crippen molar-refractivity contribution in [1.29, 1.82) is 0 Å². The van der Waals surface area contributed by atoms with E-state index in [9.17, 15) is 0 Å². The molecule has 2 aliphatic heterocycles. The Morgan fingerprint density at radius 2 is 2.18 bits per heavy atom. The third-order valence-corrected chi connectivity index (χ3v) is 4.08. The monoisotopic (exact) mass is 231 g/mol. The summed E-state index contributed by atoms with van der Waals surface area (Å²) in [5.41, 5.74) is 1.09. The van der Waals surface area contributed by atoms with Gasteiger partial charge in [-0.2, -0.15) is 0 Å². The number of nitrogens with zero attached hydrogens (tertiary/aromatic N) is 2. The van der Waals surface area contributed by atoms with E-state index in [0.717, 1.165) is 17.6 Å². The van der Waals surface area contributed by atoms with Crippen LogP contribution in [-0.4, -0.2) is 35.1 Å². The summed E-state index contributed by atoms with van der Waals surface area (Å²) in [6.07, 6.45) is 5.39. The molecular formula is C14H21N3. The summed E-state index contributed by atoms with van der Waals surface area (Å²) in [5, 5.41) is 3.63. The van der Waals surface area contributed by atoms with E-state index in [-0.39, 0.29) is 0 Å². The number of hydrogen-bond donors (Lipinski definition) is 1. The third-order valence-electron chi connectivity index (χ3n) is 4.08. The maximum Gasteiger partial charge on any atom is 0.126 e. The van der Waals surface area contributed by atoms with E-state index in [1.54, 1.807) is 0 Å². The van der Waals surface area contributed by atoms with Gasteiger partial charge in [0.15, 0.2) is 0 Å². The quantitative estimate of drug-likeness (QED) is 0.847. The van der Waals surface area contributed by atoms with Gasteiger partial charge >= 0.3 is 0 Å². The van der Waals surface area contributed by atoms with Crippen LogP contribution in [0.1, 0.15) is 31.4 Å². The van der Waals surface area contributed by atoms with Crippen molar-refractivity contribution in [3.63, 3.8) is 0 Å². The van der Waals surface area contributed by atoms with Crippen molar-refractivity contribution in [3.8, 4) is 0 Å². The summed E-state index contributed by atoms with van der Waals surface area (Å²) in [7, 11) is 0. The number of rotatable bonds is 2. The van der Waals surface area contributed by atoms with Crippen LogP contribution in [0, 0.1) is 6.92 Å². The number of fused-ring (bicyclic) bond motifs is 1. The van der Waals surface area contributed by atoms with E-state index in [4.69, 9.17) is 0 Å². The van der Waals surface area contributed by atoms with Gasteiger partial charge in [0.1, 0.15) is 5.82 Å². The van der Waals surface area contributed by atoms with Crippen LogP contribution in [0.4, 0.5) is 5.82 Å². The molecule has 2 aliphatic rings. The predicted molar refractivity (Wildman–Crippen MR) is 70.2 cm³/mol. The average molecular weight is 231 g/mol. The fraction of sp³-hybridized carbons (Fsp3) is 0.643. The van der Waals surface area contributed by atoms with Crippen LogP contribution in [0.3, 0.4) is 0 Å². The van der Waals surface area contributed by atoms with Gasteiger partial charge in [-0.3, -0.25) is 4.90 Å². The van der Waals surface area contributed by atoms with Gasteiger partial charge in [0.25, 0.3) is 0 Å². The Labute approximate surface area is 103 Å². The van der Waals surface area contributed by atoms with Gasteiger partial charge in [0, 0.05) is 24.3 Å². The summed E-state index contributed by atoms with van der Waals surface area (Å²) in [5.74, 6) is 1.04. The lowest BCUT2D eigenvalue weighted by molar-refractivity contribution is 0.192. The summed E-state index contributed by atoms with van der Waals surface area (Å²) >= 11 is 0. The molecule has 2 saturated heterocycles. The molecule has 2 atom stereocenters. The largest absolute Gasteiger partial charge is 0.366 e. The predicted octanol–water partition coefficient (Wildman–Crippen LogP) is 2.43. The molecule has 1 aromatic heterocycles. The van der Waals surface area contributed by atoms with E-state index >= 15 is 0 Å². The minimum atomic E-state index is 0.601. The molecule has 0 aliphatic carbocycles. The Balaban J connectivity index is 1.69. The SMILES string of the molecule is Cc1cccc(NC2CCN3CCCCC23)n1. The Bertz CT molecular complexity index is 391. The number of aromatic nitrogens is 1. The van der Waals surface area contributed by atoms with Gasteiger partial charge in [-0.1, -0.05) is 12.5 Å². The Morgan fingerprint density at radius 1 is 1.24 bits per heavy atom. The van der Waals surface area contributed by atoms with Crippen LogP contribution in [0.5, 0.6) is 0 Å². The highest BCUT2D eigenvalue weighted by Crippen LogP contribution is 2.28. The van der Waals surface area contributed by atoms with E-state index in [1.165, 1.54) is 38.8 Å². The molecule has 0 bridgehead atoms. The van der Waals surface area contributed by atoms with Crippen LogP contribution >= 0.6 is 0 Å². The van der Waals surface area contributed by atoms with Crippen LogP contribution < -0.4 is 5.32 Å². The van der Waals surface area contributed by atoms with Gasteiger partial charge in [0.05, 0.1) is 0 Å². The van der Waals surface area contributed by atoms with E-state index in [0.29, 0.717) is 6.04 Å². The van der Waals surface area contributed by atoms with Crippen molar-refractivity contribution < 1.29 is 0 Å². The molecule has 92 valence electrons. The molecule has 17 heavy (non-hydrogen) atoms. The fourth-order valence-electron chi connectivity index (χ4n) is 3.23. The van der Waals surface area contributed by atoms with Crippen molar-refractivity contribution in [3.05, 3.63) is 23.9 Å². The number of aryl methyl sites for hydroxylation is 1. The second kappa shape index (κ2) is 4.65. The second-order valence-electron chi connectivity index (χ2n) is 5.30. The lowest BCUT2D eigenvalue weighted by atomic mass is 9.99. The molecule has 3 heterocycles. The summed E-state index contributed by atoms with van der Waals surface area (Å²) in [4.78, 5) is 7.19. The second-order valence-corrected chi connectivity index (χ2v) is 5.30. The lowest BCUT2D eigenvalue weighted by Crippen LogP contribution is -2.41. The fourth-order valence-corrected chi connectivity index (χ4v) is 3.23. The average Bonchev–Trinajstić information content (AvgIpc) is 2.73. The first kappa shape index (κ1) is 11.0. The van der Waals surface area contributed by atoms with Crippen LogP contribution in [0.25, 0.3) is 0 Å². The van der Waals surface area contributed by atoms with Crippen LogP contribution in [-0.2, 0) is 0 Å². The molecule has 3 heteroatoms. The van der Waals surface area contributed by atoms with Crippen LogP contribution in [0.2, 0.25) is 0 Å². The molecule has 0 aromatic carbocycles. The van der Waals surface area contributed by atoms with Gasteiger partial charge in [-0.15, -0.1) is 0 Å². The molecule has 2 fully saturated rings. The summed E-state index contributed by atoms with van der Waals surface area (Å²) < 4.78 is 0. The zero-order valence-corrected chi connectivity index (χ0v) is 10.5. The zero-order valence-electron chi connectivity index (χ0n) is 10.5. The molecule has 0 amide bonds. The normalized spacial score (nSPS) is 29.0. The standard InChI is InChI=1S/C14H21N3/c1-11-5-4-7-14(15-11)16-12-8-10-17-9-3-2-6-13(12)17/h4-5,7,12-13H,2-3,6,8-10H2,1H3,(H,15,16). The highest BCUT2D eigenvalue weighted by atomic mass is 15.2. The smallest absolute Gasteiger partial charge is 0.126 e. The van der Waals surface area contributed by atoms with Gasteiger partial charge in [-0.05, 0) is 44.9 Å². The molecule has 3 rings (SSSR count). The van der Waals surface area contributed by atoms with Crippen molar-refractivity contribution in [2.24, 2.45) is 0 Å². The van der Waals surface area contributed by atoms with Gasteiger partial charge < -0.3 is 5.32 Å². The number of nitrogens with one attached hydrogen (secondary N) is 1. The summed E-state index contributed by atoms with van der Waals surface area (Å²) in [6.45, 7) is 4.60. The van der Waals surface area contributed by atoms with Crippen molar-refractivity contribution >= 4 is 5.82 Å². The maximum absolute atomic E-state index is 4.54. The van der Waals surface area contributed by atoms with Gasteiger partial charge in [-0.25, -0.2) is 4.98 Å². The lowest BCUT2D eigenvalue weighted by Gasteiger charge is -2.32. The van der Waals surface area contributed by atoms with Gasteiger partial charge in [0.2, 0.25) is 0 Å². The number of pyridine rings is 1. The van der Waals surface area contributed by atoms with Crippen LogP contribution in [0.15, 0.2) is 18.2 Å². The first-order chi connectivity index (χ1) is 8.33. The Morgan fingerprint density at radius 3 is 3.06 bits per heavy atom. The third kappa shape index (κ3) is 2.29. The molecular weight excluding hydrogens is 210 g/mol. The van der Waals surface area contributed by atoms with E-state index in [1.807, 2.05) is 13.0 Å². The van der Waals surface area contributed by atoms with E-state index < -0.39 is 0 Å². The molecule has 0 saturated carbocycles. The van der Waals surface area contributed by atoms with E-state index in [2.05, 4.69) is 27.3 Å². The minimum absolute atomic E-state index is 0.601. The molecule has 0 radical (unpaired) electrons. The molecule has 1 N–H and O–H groups in total. The molecule has 0 spiro atoms. The Hall–Kier alpha value is -1.09. The zero-order chi connectivity index (χ0) is 11.7.